The van der Waals surface area contributed by atoms with E-state index in [1.807, 2.05) is 0 Å². The molecule has 2 aliphatic rings. The molecule has 0 aromatic heterocycles. The van der Waals surface area contributed by atoms with E-state index in [1.54, 1.807) is 0 Å². The Hall–Kier alpha value is -1.19. The van der Waals surface area contributed by atoms with E-state index < -0.39 is 8.32 Å². The quantitative estimate of drug-likeness (QED) is 0.461. The van der Waals surface area contributed by atoms with Gasteiger partial charge in [-0.2, -0.15) is 0 Å². The molecule has 160 valence electrons. The van der Waals surface area contributed by atoms with Gasteiger partial charge in [-0.05, 0) is 87.5 Å². The largest absolute Gasteiger partial charge is 0.409 e. The molecule has 0 bridgehead atoms. The van der Waals surface area contributed by atoms with Gasteiger partial charge in [-0.3, -0.25) is 4.79 Å². The lowest BCUT2D eigenvalue weighted by Crippen LogP contribution is -2.39. The maximum atomic E-state index is 12.4. The van der Waals surface area contributed by atoms with Gasteiger partial charge >= 0.3 is 0 Å². The van der Waals surface area contributed by atoms with Crippen LogP contribution in [-0.4, -0.2) is 14.1 Å². The maximum Gasteiger partial charge on any atom is 0.184 e. The van der Waals surface area contributed by atoms with Gasteiger partial charge in [0.15, 0.2) is 8.32 Å². The standard InChI is InChI=1S/C26H40O2Si/c1-19(22-16-17-23-24(27)9-8-18-26(22,23)4)10-11-20-12-14-21(15-13-20)25(2,3)28-29(5,6)7/h10-15,19,22-23H,8-9,16-18H2,1-7H3/b11-10+/t19-,22-,23+,26-/m1/s1. The highest BCUT2D eigenvalue weighted by molar-refractivity contribution is 6.69. The number of carbonyl (C=O) groups is 1. The van der Waals surface area contributed by atoms with Crippen molar-refractivity contribution in [2.75, 3.05) is 0 Å². The first-order valence-corrected chi connectivity index (χ1v) is 14.8. The van der Waals surface area contributed by atoms with E-state index in [4.69, 9.17) is 4.43 Å². The molecule has 2 nitrogen and oxygen atoms in total. The minimum Gasteiger partial charge on any atom is -0.409 e. The van der Waals surface area contributed by atoms with Gasteiger partial charge in [-0.25, -0.2) is 0 Å². The first-order chi connectivity index (χ1) is 13.4. The highest BCUT2D eigenvalue weighted by Crippen LogP contribution is 2.56. The number of carbonyl (C=O) groups excluding carboxylic acids is 1. The second-order valence-corrected chi connectivity index (χ2v) is 15.6. The van der Waals surface area contributed by atoms with Crippen molar-refractivity contribution in [3.63, 3.8) is 0 Å². The topological polar surface area (TPSA) is 26.3 Å². The van der Waals surface area contributed by atoms with Gasteiger partial charge < -0.3 is 4.43 Å². The van der Waals surface area contributed by atoms with Crippen molar-refractivity contribution in [1.82, 2.24) is 0 Å². The van der Waals surface area contributed by atoms with Crippen LogP contribution in [-0.2, 0) is 14.8 Å². The second-order valence-electron chi connectivity index (χ2n) is 11.1. The average Bonchev–Trinajstić information content (AvgIpc) is 2.96. The molecule has 2 aliphatic carbocycles. The van der Waals surface area contributed by atoms with E-state index in [0.29, 0.717) is 23.5 Å². The highest BCUT2D eigenvalue weighted by atomic mass is 28.4. The molecule has 4 atom stereocenters. The van der Waals surface area contributed by atoms with Crippen molar-refractivity contribution in [3.8, 4) is 0 Å². The Morgan fingerprint density at radius 1 is 1.17 bits per heavy atom. The fraction of sp³-hybridized carbons (Fsp3) is 0.654. The van der Waals surface area contributed by atoms with E-state index in [-0.39, 0.29) is 11.0 Å². The van der Waals surface area contributed by atoms with Crippen molar-refractivity contribution < 1.29 is 9.22 Å². The molecule has 3 heteroatoms. The number of ketones is 1. The molecule has 1 aromatic rings. The van der Waals surface area contributed by atoms with Crippen LogP contribution in [0.1, 0.15) is 70.9 Å². The fourth-order valence-corrected chi connectivity index (χ4v) is 7.70. The number of hydrogen-bond acceptors (Lipinski definition) is 2. The van der Waals surface area contributed by atoms with Crippen LogP contribution in [0.3, 0.4) is 0 Å². The molecule has 3 rings (SSSR count). The zero-order valence-electron chi connectivity index (χ0n) is 19.5. The van der Waals surface area contributed by atoms with Crippen molar-refractivity contribution in [2.45, 2.75) is 85.0 Å². The predicted octanol–water partition coefficient (Wildman–Crippen LogP) is 7.21. The van der Waals surface area contributed by atoms with Gasteiger partial charge in [-0.15, -0.1) is 0 Å². The molecule has 0 saturated heterocycles. The molecule has 0 N–H and O–H groups in total. The summed E-state index contributed by atoms with van der Waals surface area (Å²) in [4.78, 5) is 12.4. The molecule has 1 aromatic carbocycles. The third kappa shape index (κ3) is 4.94. The third-order valence-corrected chi connectivity index (χ3v) is 8.45. The first-order valence-electron chi connectivity index (χ1n) is 11.4. The number of hydrogen-bond donors (Lipinski definition) is 0. The second kappa shape index (κ2) is 8.15. The van der Waals surface area contributed by atoms with Crippen molar-refractivity contribution in [2.24, 2.45) is 23.2 Å². The van der Waals surface area contributed by atoms with Gasteiger partial charge in [0.2, 0.25) is 0 Å². The summed E-state index contributed by atoms with van der Waals surface area (Å²) in [7, 11) is -1.60. The summed E-state index contributed by atoms with van der Waals surface area (Å²) >= 11 is 0. The van der Waals surface area contributed by atoms with Gasteiger partial charge in [0, 0.05) is 12.3 Å². The number of Topliss-reactive ketones (excluding diaryl/α,β-unsaturated/α-hetero) is 1. The van der Waals surface area contributed by atoms with Gasteiger partial charge in [0.05, 0.1) is 5.60 Å². The van der Waals surface area contributed by atoms with Crippen molar-refractivity contribution >= 4 is 20.2 Å². The Balaban J connectivity index is 1.68. The molecule has 0 unspecified atom stereocenters. The summed E-state index contributed by atoms with van der Waals surface area (Å²) in [6.07, 6.45) is 10.0. The third-order valence-electron chi connectivity index (χ3n) is 7.33. The SMILES string of the molecule is C[C@H](/C=C/c1ccc(C(C)(C)O[Si](C)(C)C)cc1)[C@H]1CC[C@H]2C(=O)CCC[C@]12C. The number of benzene rings is 1. The molecular formula is C26H40O2Si. The van der Waals surface area contributed by atoms with Crippen LogP contribution in [0.15, 0.2) is 30.3 Å². The summed E-state index contributed by atoms with van der Waals surface area (Å²) in [6, 6.07) is 8.82. The van der Waals surface area contributed by atoms with Crippen LogP contribution in [0.5, 0.6) is 0 Å². The lowest BCUT2D eigenvalue weighted by Gasteiger charge is -2.41. The minimum absolute atomic E-state index is 0.209. The van der Waals surface area contributed by atoms with Gasteiger partial charge in [-0.1, -0.05) is 50.3 Å². The van der Waals surface area contributed by atoms with E-state index in [0.717, 1.165) is 19.3 Å². The summed E-state index contributed by atoms with van der Waals surface area (Å²) in [5.74, 6) is 1.96. The molecule has 2 saturated carbocycles. The zero-order valence-corrected chi connectivity index (χ0v) is 20.5. The lowest BCUT2D eigenvalue weighted by atomic mass is 9.62. The molecule has 0 aliphatic heterocycles. The maximum absolute atomic E-state index is 12.4. The Bertz CT molecular complexity index is 756. The monoisotopic (exact) mass is 412 g/mol. The lowest BCUT2D eigenvalue weighted by molar-refractivity contribution is -0.129. The summed E-state index contributed by atoms with van der Waals surface area (Å²) in [6.45, 7) is 15.8. The molecule has 0 heterocycles. The summed E-state index contributed by atoms with van der Waals surface area (Å²) in [5, 5.41) is 0. The van der Waals surface area contributed by atoms with Crippen LogP contribution >= 0.6 is 0 Å². The van der Waals surface area contributed by atoms with Gasteiger partial charge in [0.25, 0.3) is 0 Å². The Kier molecular flexibility index (Phi) is 6.32. The van der Waals surface area contributed by atoms with E-state index >= 15 is 0 Å². The average molecular weight is 413 g/mol. The number of rotatable bonds is 6. The van der Waals surface area contributed by atoms with Crippen molar-refractivity contribution in [3.05, 3.63) is 41.5 Å². The van der Waals surface area contributed by atoms with Gasteiger partial charge in [0.1, 0.15) is 5.78 Å². The normalized spacial score (nSPS) is 29.3. The molecule has 2 fully saturated rings. The van der Waals surface area contributed by atoms with Crippen LogP contribution in [0, 0.1) is 23.2 Å². The Morgan fingerprint density at radius 2 is 1.83 bits per heavy atom. The molecule has 0 radical (unpaired) electrons. The molecule has 29 heavy (non-hydrogen) atoms. The molecule has 0 amide bonds. The van der Waals surface area contributed by atoms with Crippen LogP contribution in [0.4, 0.5) is 0 Å². The molecular weight excluding hydrogens is 372 g/mol. The van der Waals surface area contributed by atoms with Crippen molar-refractivity contribution in [1.29, 1.82) is 0 Å². The summed E-state index contributed by atoms with van der Waals surface area (Å²) in [5.41, 5.74) is 2.43. The van der Waals surface area contributed by atoms with E-state index in [1.165, 1.54) is 24.0 Å². The smallest absolute Gasteiger partial charge is 0.184 e. The van der Waals surface area contributed by atoms with E-state index in [9.17, 15) is 4.79 Å². The Labute approximate surface area is 179 Å². The predicted molar refractivity (Wildman–Crippen MR) is 125 cm³/mol. The number of allylic oxidation sites excluding steroid dienone is 1. The van der Waals surface area contributed by atoms with Crippen LogP contribution in [0.25, 0.3) is 6.08 Å². The van der Waals surface area contributed by atoms with Crippen LogP contribution < -0.4 is 0 Å². The number of fused-ring (bicyclic) bond motifs is 1. The Morgan fingerprint density at radius 3 is 2.45 bits per heavy atom. The fourth-order valence-electron chi connectivity index (χ4n) is 6.05. The van der Waals surface area contributed by atoms with Crippen LogP contribution in [0.2, 0.25) is 19.6 Å². The van der Waals surface area contributed by atoms with E-state index in [2.05, 4.69) is 83.8 Å². The minimum atomic E-state index is -1.60. The first kappa shape index (κ1) is 22.5. The zero-order chi connectivity index (χ0) is 21.4. The highest BCUT2D eigenvalue weighted by Gasteiger charge is 2.51. The molecule has 0 spiro atoms. The summed E-state index contributed by atoms with van der Waals surface area (Å²) < 4.78 is 6.38.